The van der Waals surface area contributed by atoms with Gasteiger partial charge in [-0.15, -0.1) is 10.2 Å². The Labute approximate surface area is 215 Å². The molecule has 2 aromatic carbocycles. The molecule has 202 valence electrons. The maximum absolute atomic E-state index is 15.2. The van der Waals surface area contributed by atoms with E-state index in [0.29, 0.717) is 5.56 Å². The van der Waals surface area contributed by atoms with Gasteiger partial charge in [-0.3, -0.25) is 4.79 Å². The number of alkyl halides is 3. The van der Waals surface area contributed by atoms with Crippen LogP contribution in [0.15, 0.2) is 41.3 Å². The van der Waals surface area contributed by atoms with E-state index in [9.17, 15) is 26.4 Å². The average Bonchev–Trinajstić information content (AvgIpc) is 2.78. The molecule has 38 heavy (non-hydrogen) atoms. The lowest BCUT2D eigenvalue weighted by atomic mass is 9.80. The van der Waals surface area contributed by atoms with E-state index in [-0.39, 0.29) is 28.0 Å². The summed E-state index contributed by atoms with van der Waals surface area (Å²) in [6.07, 6.45) is -1.37. The number of rotatable bonds is 7. The van der Waals surface area contributed by atoms with Gasteiger partial charge in [0.2, 0.25) is 0 Å². The van der Waals surface area contributed by atoms with Crippen LogP contribution in [-0.2, 0) is 16.0 Å². The van der Waals surface area contributed by atoms with Crippen LogP contribution in [0.25, 0.3) is 0 Å². The van der Waals surface area contributed by atoms with Gasteiger partial charge in [0.15, 0.2) is 32.8 Å². The largest absolute Gasteiger partial charge is 0.490 e. The normalized spacial score (nSPS) is 14.1. The number of methoxy groups -OCH3 is 1. The number of nitrogens with one attached hydrogen (secondary N) is 1. The van der Waals surface area contributed by atoms with Gasteiger partial charge in [0.1, 0.15) is 5.56 Å². The SMILES string of the molecule is COc1c(Oc2nnc(C(F)(F)F)c(C)c2C(=O)Nc2cccc(S(C)(=O)=O)c2)ccc(C2CCC2)c1F. The summed E-state index contributed by atoms with van der Waals surface area (Å²) in [6, 6.07) is 8.06. The Bertz CT molecular complexity index is 1510. The van der Waals surface area contributed by atoms with Gasteiger partial charge in [0.05, 0.1) is 12.0 Å². The number of halogens is 4. The smallest absolute Gasteiger partial charge is 0.435 e. The van der Waals surface area contributed by atoms with Crippen molar-refractivity contribution in [3.63, 3.8) is 0 Å². The maximum Gasteiger partial charge on any atom is 0.435 e. The summed E-state index contributed by atoms with van der Waals surface area (Å²) < 4.78 is 90.4. The zero-order chi connectivity index (χ0) is 27.8. The third kappa shape index (κ3) is 5.42. The molecule has 3 aromatic rings. The zero-order valence-corrected chi connectivity index (χ0v) is 21.3. The Kier molecular flexibility index (Phi) is 7.33. The van der Waals surface area contributed by atoms with Gasteiger partial charge in [-0.2, -0.15) is 13.2 Å². The molecule has 0 aliphatic heterocycles. The van der Waals surface area contributed by atoms with Gasteiger partial charge in [-0.05, 0) is 61.1 Å². The van der Waals surface area contributed by atoms with Crippen LogP contribution in [-0.4, -0.2) is 37.9 Å². The molecule has 8 nitrogen and oxygen atoms in total. The summed E-state index contributed by atoms with van der Waals surface area (Å²) in [7, 11) is -2.41. The first-order valence-corrected chi connectivity index (χ1v) is 13.3. The fraction of sp³-hybridized carbons (Fsp3) is 0.320. The summed E-state index contributed by atoms with van der Waals surface area (Å²) in [6.45, 7) is 1.02. The molecule has 0 unspecified atom stereocenters. The second-order valence-corrected chi connectivity index (χ2v) is 10.9. The van der Waals surface area contributed by atoms with E-state index in [4.69, 9.17) is 9.47 Å². The second-order valence-electron chi connectivity index (χ2n) is 8.84. The third-order valence-corrected chi connectivity index (χ3v) is 7.36. The zero-order valence-electron chi connectivity index (χ0n) is 20.5. The van der Waals surface area contributed by atoms with Crippen molar-refractivity contribution in [1.82, 2.24) is 10.2 Å². The number of aromatic nitrogens is 2. The molecule has 1 fully saturated rings. The molecule has 0 saturated heterocycles. The van der Waals surface area contributed by atoms with Crippen molar-refractivity contribution in [1.29, 1.82) is 0 Å². The molecule has 1 amide bonds. The maximum atomic E-state index is 15.2. The summed E-state index contributed by atoms with van der Waals surface area (Å²) in [4.78, 5) is 13.1. The van der Waals surface area contributed by atoms with Crippen molar-refractivity contribution in [3.05, 3.63) is 64.6 Å². The quantitative estimate of drug-likeness (QED) is 0.376. The van der Waals surface area contributed by atoms with E-state index in [0.717, 1.165) is 38.5 Å². The minimum Gasteiger partial charge on any atom is -0.490 e. The molecule has 4 rings (SSSR count). The van der Waals surface area contributed by atoms with E-state index in [1.165, 1.54) is 37.4 Å². The Morgan fingerprint density at radius 3 is 2.42 bits per heavy atom. The van der Waals surface area contributed by atoms with Crippen molar-refractivity contribution in [2.45, 2.75) is 43.2 Å². The summed E-state index contributed by atoms with van der Waals surface area (Å²) >= 11 is 0. The molecular formula is C25H23F4N3O5S. The van der Waals surface area contributed by atoms with Crippen LogP contribution in [0.5, 0.6) is 17.4 Å². The Morgan fingerprint density at radius 1 is 1.13 bits per heavy atom. The lowest BCUT2D eigenvalue weighted by Crippen LogP contribution is -2.21. The lowest BCUT2D eigenvalue weighted by Gasteiger charge is -2.27. The minimum absolute atomic E-state index is 0.00197. The molecule has 1 aliphatic rings. The fourth-order valence-electron chi connectivity index (χ4n) is 4.07. The summed E-state index contributed by atoms with van der Waals surface area (Å²) in [5.74, 6) is -2.85. The number of amides is 1. The predicted octanol–water partition coefficient (Wildman–Crippen LogP) is 5.67. The van der Waals surface area contributed by atoms with Crippen LogP contribution in [0.3, 0.4) is 0 Å². The van der Waals surface area contributed by atoms with Crippen molar-refractivity contribution >= 4 is 21.4 Å². The Morgan fingerprint density at radius 2 is 1.84 bits per heavy atom. The number of sulfone groups is 1. The first-order valence-electron chi connectivity index (χ1n) is 11.4. The number of hydrogen-bond acceptors (Lipinski definition) is 7. The molecule has 13 heteroatoms. The minimum atomic E-state index is -4.94. The van der Waals surface area contributed by atoms with Crippen LogP contribution in [0.1, 0.15) is 52.4 Å². The highest BCUT2D eigenvalue weighted by Gasteiger charge is 2.38. The molecule has 0 atom stereocenters. The van der Waals surface area contributed by atoms with Crippen LogP contribution < -0.4 is 14.8 Å². The number of carbonyl (C=O) groups is 1. The number of anilines is 1. The van der Waals surface area contributed by atoms with E-state index in [1.54, 1.807) is 0 Å². The molecule has 0 spiro atoms. The van der Waals surface area contributed by atoms with Crippen LogP contribution in [0.2, 0.25) is 0 Å². The van der Waals surface area contributed by atoms with Crippen LogP contribution >= 0.6 is 0 Å². The first kappa shape index (κ1) is 27.3. The monoisotopic (exact) mass is 553 g/mol. The van der Waals surface area contributed by atoms with Crippen molar-refractivity contribution in [2.24, 2.45) is 0 Å². The van der Waals surface area contributed by atoms with Crippen molar-refractivity contribution in [3.8, 4) is 17.4 Å². The fourth-order valence-corrected chi connectivity index (χ4v) is 4.74. The molecule has 0 radical (unpaired) electrons. The molecule has 1 heterocycles. The average molecular weight is 554 g/mol. The first-order chi connectivity index (χ1) is 17.8. The van der Waals surface area contributed by atoms with E-state index in [2.05, 4.69) is 15.5 Å². The van der Waals surface area contributed by atoms with Gasteiger partial charge in [-0.25, -0.2) is 12.8 Å². The third-order valence-electron chi connectivity index (χ3n) is 6.25. The predicted molar refractivity (Wildman–Crippen MR) is 129 cm³/mol. The number of benzene rings is 2. The topological polar surface area (TPSA) is 107 Å². The molecular weight excluding hydrogens is 530 g/mol. The van der Waals surface area contributed by atoms with Crippen LogP contribution in [0.4, 0.5) is 23.2 Å². The summed E-state index contributed by atoms with van der Waals surface area (Å²) in [5.41, 5.74) is -2.20. The number of nitrogens with zero attached hydrogens (tertiary/aromatic N) is 2. The van der Waals surface area contributed by atoms with E-state index < -0.39 is 50.4 Å². The highest BCUT2D eigenvalue weighted by molar-refractivity contribution is 7.90. The highest BCUT2D eigenvalue weighted by Crippen LogP contribution is 2.44. The Hall–Kier alpha value is -3.74. The highest BCUT2D eigenvalue weighted by atomic mass is 32.2. The lowest BCUT2D eigenvalue weighted by molar-refractivity contribution is -0.142. The van der Waals surface area contributed by atoms with Gasteiger partial charge in [0.25, 0.3) is 11.8 Å². The number of carbonyl (C=O) groups excluding carboxylic acids is 1. The van der Waals surface area contributed by atoms with Crippen LogP contribution in [0, 0.1) is 12.7 Å². The Balaban J connectivity index is 1.77. The van der Waals surface area contributed by atoms with Crippen molar-refractivity contribution < 1.29 is 40.2 Å². The van der Waals surface area contributed by atoms with E-state index >= 15 is 4.39 Å². The standard InChI is InChI=1S/C25H23F4N3O5S/c1-13-19(23(33)30-15-8-5-9-16(12-15)38(3,34)35)24(32-31-22(13)25(27,28)29)37-18-11-10-17(14-6-4-7-14)20(26)21(18)36-2/h5,8-12,14H,4,6-7H2,1-3H3,(H,30,33). The number of hydrogen-bond donors (Lipinski definition) is 1. The molecule has 0 bridgehead atoms. The second kappa shape index (κ2) is 10.2. The van der Waals surface area contributed by atoms with Crippen molar-refractivity contribution in [2.75, 3.05) is 18.7 Å². The molecule has 1 aliphatic carbocycles. The summed E-state index contributed by atoms with van der Waals surface area (Å²) in [5, 5.41) is 9.05. The molecule has 1 aromatic heterocycles. The van der Waals surface area contributed by atoms with Gasteiger partial charge >= 0.3 is 6.18 Å². The van der Waals surface area contributed by atoms with E-state index in [1.807, 2.05) is 0 Å². The number of ether oxygens (including phenoxy) is 2. The van der Waals surface area contributed by atoms with Gasteiger partial charge in [-0.1, -0.05) is 18.6 Å². The molecule has 1 saturated carbocycles. The molecule has 1 N–H and O–H groups in total. The van der Waals surface area contributed by atoms with Gasteiger partial charge < -0.3 is 14.8 Å². The van der Waals surface area contributed by atoms with Gasteiger partial charge in [0, 0.05) is 11.9 Å².